The number of rotatable bonds is 5. The smallest absolute Gasteiger partial charge is 0.268 e. The highest BCUT2D eigenvalue weighted by Gasteiger charge is 2.18. The number of aliphatic hydroxyl groups is 1. The van der Waals surface area contributed by atoms with E-state index in [9.17, 15) is 9.90 Å². The van der Waals surface area contributed by atoms with Gasteiger partial charge in [0.15, 0.2) is 0 Å². The number of aromatic nitrogens is 1. The first-order valence-electron chi connectivity index (χ1n) is 6.43. The molecule has 0 aliphatic heterocycles. The van der Waals surface area contributed by atoms with Crippen molar-refractivity contribution in [3.63, 3.8) is 0 Å². The van der Waals surface area contributed by atoms with Crippen LogP contribution in [0.15, 0.2) is 42.6 Å². The maximum absolute atomic E-state index is 11.9. The first kappa shape index (κ1) is 14.6. The fourth-order valence-electron chi connectivity index (χ4n) is 1.91. The van der Waals surface area contributed by atoms with Crippen molar-refractivity contribution in [1.29, 1.82) is 0 Å². The van der Waals surface area contributed by atoms with Crippen LogP contribution in [0.25, 0.3) is 0 Å². The molecule has 1 aromatic carbocycles. The zero-order valence-electron chi connectivity index (χ0n) is 11.1. The lowest BCUT2D eigenvalue weighted by atomic mass is 10.0. The Morgan fingerprint density at radius 3 is 2.70 bits per heavy atom. The van der Waals surface area contributed by atoms with Gasteiger partial charge in [-0.05, 0) is 18.6 Å². The third-order valence-electron chi connectivity index (χ3n) is 3.12. The third kappa shape index (κ3) is 3.85. The lowest BCUT2D eigenvalue weighted by Gasteiger charge is -2.20. The van der Waals surface area contributed by atoms with Crippen LogP contribution in [0, 0.1) is 0 Å². The van der Waals surface area contributed by atoms with Crippen LogP contribution >= 0.6 is 11.6 Å². The molecule has 106 valence electrons. The van der Waals surface area contributed by atoms with Gasteiger partial charge in [-0.2, -0.15) is 0 Å². The fraction of sp³-hybridized carbons (Fsp3) is 0.267. The van der Waals surface area contributed by atoms with Gasteiger partial charge >= 0.3 is 0 Å². The summed E-state index contributed by atoms with van der Waals surface area (Å²) in [4.78, 5) is 14.7. The van der Waals surface area contributed by atoms with E-state index in [2.05, 4.69) is 10.3 Å². The van der Waals surface area contributed by atoms with Crippen LogP contribution in [-0.2, 0) is 6.42 Å². The summed E-state index contributed by atoms with van der Waals surface area (Å²) in [6, 6.07) is 10.9. The molecule has 1 aromatic heterocycles. The average Bonchev–Trinajstić information content (AvgIpc) is 2.86. The number of halogens is 1. The molecule has 0 bridgehead atoms. The van der Waals surface area contributed by atoms with E-state index in [4.69, 9.17) is 11.6 Å². The van der Waals surface area contributed by atoms with Gasteiger partial charge < -0.3 is 15.4 Å². The minimum absolute atomic E-state index is 0.281. The lowest BCUT2D eigenvalue weighted by Crippen LogP contribution is -2.42. The van der Waals surface area contributed by atoms with E-state index in [0.29, 0.717) is 17.1 Å². The van der Waals surface area contributed by atoms with Crippen LogP contribution < -0.4 is 5.32 Å². The Morgan fingerprint density at radius 1 is 1.40 bits per heavy atom. The lowest BCUT2D eigenvalue weighted by molar-refractivity contribution is 0.0847. The van der Waals surface area contributed by atoms with Crippen LogP contribution in [-0.4, -0.2) is 28.1 Å². The number of carbonyl (C=O) groups is 1. The zero-order chi connectivity index (χ0) is 14.5. The van der Waals surface area contributed by atoms with Gasteiger partial charge in [0.2, 0.25) is 0 Å². The molecule has 1 heterocycles. The Bertz CT molecular complexity index is 568. The number of hydrogen-bond acceptors (Lipinski definition) is 2. The Labute approximate surface area is 122 Å². The quantitative estimate of drug-likeness (QED) is 0.792. The van der Waals surface area contributed by atoms with Gasteiger partial charge in [0.25, 0.3) is 5.91 Å². The van der Waals surface area contributed by atoms with E-state index in [1.807, 2.05) is 30.3 Å². The first-order chi connectivity index (χ1) is 9.56. The number of hydrogen-bond donors (Lipinski definition) is 3. The normalized spacial score (nSPS) is 13.8. The number of nitrogens with one attached hydrogen (secondary N) is 2. The molecular formula is C15H17ClN2O2. The highest BCUT2D eigenvalue weighted by atomic mass is 35.5. The fourth-order valence-corrected chi connectivity index (χ4v) is 2.08. The number of aromatic amines is 1. The minimum Gasteiger partial charge on any atom is -0.391 e. The second-order valence-electron chi connectivity index (χ2n) is 4.75. The minimum atomic E-state index is -0.646. The van der Waals surface area contributed by atoms with Crippen molar-refractivity contribution in [2.24, 2.45) is 0 Å². The molecule has 3 N–H and O–H groups in total. The molecule has 5 heteroatoms. The predicted molar refractivity (Wildman–Crippen MR) is 78.9 cm³/mol. The highest BCUT2D eigenvalue weighted by Crippen LogP contribution is 2.10. The van der Waals surface area contributed by atoms with E-state index in [1.165, 1.54) is 0 Å². The van der Waals surface area contributed by atoms with Crippen molar-refractivity contribution < 1.29 is 9.90 Å². The number of benzene rings is 1. The summed E-state index contributed by atoms with van der Waals surface area (Å²) < 4.78 is 0. The van der Waals surface area contributed by atoms with Crippen molar-refractivity contribution in [3.8, 4) is 0 Å². The molecule has 0 aliphatic rings. The Balaban J connectivity index is 1.91. The Morgan fingerprint density at radius 2 is 2.10 bits per heavy atom. The van der Waals surface area contributed by atoms with Gasteiger partial charge in [-0.1, -0.05) is 41.9 Å². The molecule has 20 heavy (non-hydrogen) atoms. The summed E-state index contributed by atoms with van der Waals surface area (Å²) in [5, 5.41) is 13.4. The monoisotopic (exact) mass is 292 g/mol. The van der Waals surface area contributed by atoms with Crippen molar-refractivity contribution in [1.82, 2.24) is 10.3 Å². The Kier molecular flexibility index (Phi) is 4.82. The summed E-state index contributed by atoms with van der Waals surface area (Å²) in [6.45, 7) is 1.77. The molecule has 2 aromatic rings. The molecule has 0 fully saturated rings. The van der Waals surface area contributed by atoms with Crippen molar-refractivity contribution in [3.05, 3.63) is 58.9 Å². The van der Waals surface area contributed by atoms with Crippen molar-refractivity contribution >= 4 is 17.5 Å². The van der Waals surface area contributed by atoms with E-state index < -0.39 is 6.10 Å². The maximum atomic E-state index is 11.9. The van der Waals surface area contributed by atoms with Gasteiger partial charge in [0.1, 0.15) is 5.69 Å². The summed E-state index contributed by atoms with van der Waals surface area (Å²) in [7, 11) is 0. The van der Waals surface area contributed by atoms with Crippen molar-refractivity contribution in [2.45, 2.75) is 25.5 Å². The zero-order valence-corrected chi connectivity index (χ0v) is 11.9. The highest BCUT2D eigenvalue weighted by molar-refractivity contribution is 6.30. The van der Waals surface area contributed by atoms with Crippen LogP contribution in [0.4, 0.5) is 0 Å². The topological polar surface area (TPSA) is 65.1 Å². The summed E-state index contributed by atoms with van der Waals surface area (Å²) in [6.07, 6.45) is 1.39. The van der Waals surface area contributed by atoms with Gasteiger partial charge in [-0.25, -0.2) is 0 Å². The van der Waals surface area contributed by atoms with Crippen LogP contribution in [0.2, 0.25) is 5.02 Å². The van der Waals surface area contributed by atoms with E-state index in [1.54, 1.807) is 19.2 Å². The summed E-state index contributed by atoms with van der Waals surface area (Å²) >= 11 is 5.75. The molecule has 0 aliphatic carbocycles. The SMILES string of the molecule is CC(NC(=O)c1cc(Cl)c[nH]1)C(O)Cc1ccccc1. The maximum Gasteiger partial charge on any atom is 0.268 e. The molecule has 2 rings (SSSR count). The van der Waals surface area contributed by atoms with E-state index in [-0.39, 0.29) is 11.9 Å². The number of amides is 1. The summed E-state index contributed by atoms with van der Waals surface area (Å²) in [5.74, 6) is -0.281. The van der Waals surface area contributed by atoms with Crippen molar-refractivity contribution in [2.75, 3.05) is 0 Å². The predicted octanol–water partition coefficient (Wildman–Crippen LogP) is 2.39. The number of carbonyl (C=O) groups excluding carboxylic acids is 1. The second-order valence-corrected chi connectivity index (χ2v) is 5.19. The molecule has 0 spiro atoms. The molecule has 2 atom stereocenters. The standard InChI is InChI=1S/C15H17ClN2O2/c1-10(14(19)7-11-5-3-2-4-6-11)18-15(20)13-8-12(16)9-17-13/h2-6,8-10,14,17,19H,7H2,1H3,(H,18,20). The molecular weight excluding hydrogens is 276 g/mol. The third-order valence-corrected chi connectivity index (χ3v) is 3.33. The molecule has 1 amide bonds. The van der Waals surface area contributed by atoms with Crippen LogP contribution in [0.5, 0.6) is 0 Å². The molecule has 0 saturated carbocycles. The second kappa shape index (κ2) is 6.59. The van der Waals surface area contributed by atoms with Gasteiger partial charge in [0, 0.05) is 12.6 Å². The number of H-pyrrole nitrogens is 1. The molecule has 2 unspecified atom stereocenters. The van der Waals surface area contributed by atoms with E-state index in [0.717, 1.165) is 5.56 Å². The molecule has 4 nitrogen and oxygen atoms in total. The van der Waals surface area contributed by atoms with Crippen LogP contribution in [0.3, 0.4) is 0 Å². The van der Waals surface area contributed by atoms with Gasteiger partial charge in [-0.15, -0.1) is 0 Å². The largest absolute Gasteiger partial charge is 0.391 e. The summed E-state index contributed by atoms with van der Waals surface area (Å²) in [5.41, 5.74) is 1.41. The number of aliphatic hydroxyl groups excluding tert-OH is 1. The Hall–Kier alpha value is -1.78. The van der Waals surface area contributed by atoms with Crippen LogP contribution in [0.1, 0.15) is 23.0 Å². The van der Waals surface area contributed by atoms with E-state index >= 15 is 0 Å². The first-order valence-corrected chi connectivity index (χ1v) is 6.81. The van der Waals surface area contributed by atoms with Gasteiger partial charge in [-0.3, -0.25) is 4.79 Å². The average molecular weight is 293 g/mol. The van der Waals surface area contributed by atoms with Gasteiger partial charge in [0.05, 0.1) is 17.2 Å². The molecule has 0 radical (unpaired) electrons. The molecule has 0 saturated heterocycles.